The Morgan fingerprint density at radius 1 is 1.17 bits per heavy atom. The molecule has 0 aliphatic carbocycles. The fraction of sp³-hybridized carbons (Fsp3) is 0.167. The molecule has 2 heterocycles. The Labute approximate surface area is 134 Å². The highest BCUT2D eigenvalue weighted by Crippen LogP contribution is 2.24. The summed E-state index contributed by atoms with van der Waals surface area (Å²) in [6, 6.07) is 13.6. The molecule has 5 heteroatoms. The second kappa shape index (κ2) is 6.44. The van der Waals surface area contributed by atoms with Crippen molar-refractivity contribution >= 4 is 6.29 Å². The van der Waals surface area contributed by atoms with E-state index < -0.39 is 0 Å². The number of aryl methyl sites for hydroxylation is 1. The molecule has 0 spiro atoms. The minimum absolute atomic E-state index is 0.385. The minimum atomic E-state index is 0.385. The molecule has 2 aromatic heterocycles. The average molecular weight is 307 g/mol. The quantitative estimate of drug-likeness (QED) is 0.679. The number of benzene rings is 1. The number of methoxy groups -OCH3 is 1. The van der Waals surface area contributed by atoms with Crippen LogP contribution in [-0.2, 0) is 6.42 Å². The molecule has 0 unspecified atom stereocenters. The van der Waals surface area contributed by atoms with E-state index in [4.69, 9.17) is 4.74 Å². The summed E-state index contributed by atoms with van der Waals surface area (Å²) >= 11 is 0. The minimum Gasteiger partial charge on any atom is -0.481 e. The van der Waals surface area contributed by atoms with Crippen LogP contribution in [0.4, 0.5) is 0 Å². The van der Waals surface area contributed by atoms with E-state index in [-0.39, 0.29) is 0 Å². The maximum absolute atomic E-state index is 11.1. The van der Waals surface area contributed by atoms with Crippen molar-refractivity contribution in [2.24, 2.45) is 0 Å². The largest absolute Gasteiger partial charge is 0.481 e. The molecule has 1 aromatic carbocycles. The monoisotopic (exact) mass is 307 g/mol. The second-order valence-electron chi connectivity index (χ2n) is 5.09. The molecule has 0 saturated heterocycles. The van der Waals surface area contributed by atoms with Crippen molar-refractivity contribution in [1.82, 2.24) is 14.8 Å². The van der Waals surface area contributed by atoms with Gasteiger partial charge in [0.1, 0.15) is 5.69 Å². The average Bonchev–Trinajstić information content (AvgIpc) is 3.06. The Morgan fingerprint density at radius 2 is 1.96 bits per heavy atom. The summed E-state index contributed by atoms with van der Waals surface area (Å²) in [7, 11) is 1.57. The van der Waals surface area contributed by atoms with E-state index in [1.54, 1.807) is 30.1 Å². The van der Waals surface area contributed by atoms with Crippen molar-refractivity contribution in [3.8, 4) is 22.8 Å². The van der Waals surface area contributed by atoms with Crippen molar-refractivity contribution in [3.05, 3.63) is 59.9 Å². The number of carbonyl (C=O) groups excluding carboxylic acids is 1. The van der Waals surface area contributed by atoms with Crippen LogP contribution in [0.1, 0.15) is 23.0 Å². The standard InChI is InChI=1S/C18H17N3O2/c1-3-13-4-6-14(7-5-13)17-10-15(12-22)20-21(17)16-8-9-18(23-2)19-11-16/h4-12H,3H2,1-2H3. The van der Waals surface area contributed by atoms with Gasteiger partial charge in [0.25, 0.3) is 0 Å². The SMILES string of the molecule is CCc1ccc(-c2cc(C=O)nn2-c2ccc(OC)nc2)cc1. The Morgan fingerprint density at radius 3 is 2.52 bits per heavy atom. The van der Waals surface area contributed by atoms with Gasteiger partial charge in [-0.25, -0.2) is 9.67 Å². The number of pyridine rings is 1. The van der Waals surface area contributed by atoms with Crippen LogP contribution in [0.25, 0.3) is 16.9 Å². The predicted molar refractivity (Wildman–Crippen MR) is 88.1 cm³/mol. The molecule has 0 atom stereocenters. The first-order valence-corrected chi connectivity index (χ1v) is 7.40. The Kier molecular flexibility index (Phi) is 4.19. The molecule has 0 aliphatic heterocycles. The maximum Gasteiger partial charge on any atom is 0.213 e. The highest BCUT2D eigenvalue weighted by atomic mass is 16.5. The first kappa shape index (κ1) is 15.0. The zero-order valence-electron chi connectivity index (χ0n) is 13.1. The molecule has 0 bridgehead atoms. The molecule has 23 heavy (non-hydrogen) atoms. The molecular formula is C18H17N3O2. The summed E-state index contributed by atoms with van der Waals surface area (Å²) in [4.78, 5) is 15.3. The van der Waals surface area contributed by atoms with Crippen LogP contribution in [-0.4, -0.2) is 28.2 Å². The molecule has 0 radical (unpaired) electrons. The number of rotatable bonds is 5. The van der Waals surface area contributed by atoms with E-state index in [9.17, 15) is 4.79 Å². The summed E-state index contributed by atoms with van der Waals surface area (Å²) in [5.74, 6) is 0.533. The normalized spacial score (nSPS) is 10.5. The predicted octanol–water partition coefficient (Wildman–Crippen LogP) is 3.32. The Bertz CT molecular complexity index is 740. The van der Waals surface area contributed by atoms with Gasteiger partial charge in [-0.05, 0) is 24.1 Å². The van der Waals surface area contributed by atoms with Gasteiger partial charge >= 0.3 is 0 Å². The van der Waals surface area contributed by atoms with E-state index >= 15 is 0 Å². The Balaban J connectivity index is 2.08. The lowest BCUT2D eigenvalue weighted by molar-refractivity contribution is 0.111. The number of nitrogens with zero attached hydrogens (tertiary/aromatic N) is 3. The summed E-state index contributed by atoms with van der Waals surface area (Å²) in [6.07, 6.45) is 3.41. The van der Waals surface area contributed by atoms with Crippen molar-refractivity contribution in [3.63, 3.8) is 0 Å². The van der Waals surface area contributed by atoms with Gasteiger partial charge in [0, 0.05) is 11.6 Å². The van der Waals surface area contributed by atoms with E-state index in [2.05, 4.69) is 29.1 Å². The molecule has 3 rings (SSSR count). The smallest absolute Gasteiger partial charge is 0.213 e. The van der Waals surface area contributed by atoms with E-state index in [1.807, 2.05) is 18.2 Å². The van der Waals surface area contributed by atoms with Crippen LogP contribution >= 0.6 is 0 Å². The van der Waals surface area contributed by atoms with Gasteiger partial charge in [-0.2, -0.15) is 5.10 Å². The first-order chi connectivity index (χ1) is 11.2. The van der Waals surface area contributed by atoms with Crippen molar-refractivity contribution in [2.45, 2.75) is 13.3 Å². The summed E-state index contributed by atoms with van der Waals surface area (Å²) in [5, 5.41) is 4.34. The van der Waals surface area contributed by atoms with E-state index in [1.165, 1.54) is 5.56 Å². The molecule has 0 amide bonds. The molecule has 116 valence electrons. The van der Waals surface area contributed by atoms with Gasteiger partial charge in [0.15, 0.2) is 6.29 Å². The summed E-state index contributed by atoms with van der Waals surface area (Å²) in [6.45, 7) is 2.12. The fourth-order valence-electron chi connectivity index (χ4n) is 2.39. The van der Waals surface area contributed by atoms with Crippen LogP contribution < -0.4 is 4.74 Å². The highest BCUT2D eigenvalue weighted by molar-refractivity contribution is 5.76. The third kappa shape index (κ3) is 2.99. The van der Waals surface area contributed by atoms with Crippen LogP contribution in [0.15, 0.2) is 48.7 Å². The van der Waals surface area contributed by atoms with Crippen LogP contribution in [0, 0.1) is 0 Å². The van der Waals surface area contributed by atoms with Crippen molar-refractivity contribution in [2.75, 3.05) is 7.11 Å². The lowest BCUT2D eigenvalue weighted by Gasteiger charge is -2.08. The van der Waals surface area contributed by atoms with Gasteiger partial charge in [0.05, 0.1) is 24.7 Å². The number of carbonyl (C=O) groups is 1. The molecular weight excluding hydrogens is 290 g/mol. The van der Waals surface area contributed by atoms with Crippen molar-refractivity contribution < 1.29 is 9.53 Å². The lowest BCUT2D eigenvalue weighted by atomic mass is 10.1. The fourth-order valence-corrected chi connectivity index (χ4v) is 2.39. The highest BCUT2D eigenvalue weighted by Gasteiger charge is 2.12. The van der Waals surface area contributed by atoms with Crippen LogP contribution in [0.2, 0.25) is 0 Å². The molecule has 3 aromatic rings. The van der Waals surface area contributed by atoms with Gasteiger partial charge in [-0.1, -0.05) is 31.2 Å². The molecule has 0 N–H and O–H groups in total. The van der Waals surface area contributed by atoms with Gasteiger partial charge < -0.3 is 4.74 Å². The number of ether oxygens (including phenoxy) is 1. The van der Waals surface area contributed by atoms with E-state index in [0.29, 0.717) is 11.6 Å². The maximum atomic E-state index is 11.1. The molecule has 0 fully saturated rings. The van der Waals surface area contributed by atoms with Crippen LogP contribution in [0.3, 0.4) is 0 Å². The zero-order chi connectivity index (χ0) is 16.2. The summed E-state index contributed by atoms with van der Waals surface area (Å²) in [5.41, 5.74) is 4.27. The topological polar surface area (TPSA) is 57.0 Å². The second-order valence-corrected chi connectivity index (χ2v) is 5.09. The number of hydrogen-bond acceptors (Lipinski definition) is 4. The van der Waals surface area contributed by atoms with Crippen molar-refractivity contribution in [1.29, 1.82) is 0 Å². The number of aldehydes is 1. The number of hydrogen-bond donors (Lipinski definition) is 0. The van der Waals surface area contributed by atoms with Crippen LogP contribution in [0.5, 0.6) is 5.88 Å². The lowest BCUT2D eigenvalue weighted by Crippen LogP contribution is -2.01. The molecule has 0 aliphatic rings. The third-order valence-corrected chi connectivity index (χ3v) is 3.68. The third-order valence-electron chi connectivity index (χ3n) is 3.68. The van der Waals surface area contributed by atoms with Gasteiger partial charge in [0.2, 0.25) is 5.88 Å². The first-order valence-electron chi connectivity index (χ1n) is 7.40. The molecule has 5 nitrogen and oxygen atoms in total. The van der Waals surface area contributed by atoms with Gasteiger partial charge in [-0.15, -0.1) is 0 Å². The Hall–Kier alpha value is -2.95. The van der Waals surface area contributed by atoms with Gasteiger partial charge in [-0.3, -0.25) is 4.79 Å². The summed E-state index contributed by atoms with van der Waals surface area (Å²) < 4.78 is 6.79. The number of aromatic nitrogens is 3. The zero-order valence-corrected chi connectivity index (χ0v) is 13.1. The van der Waals surface area contributed by atoms with E-state index in [0.717, 1.165) is 29.7 Å². The molecule has 0 saturated carbocycles.